The summed E-state index contributed by atoms with van der Waals surface area (Å²) in [5, 5.41) is 0. The van der Waals surface area contributed by atoms with E-state index < -0.39 is 5.92 Å². The van der Waals surface area contributed by atoms with Crippen molar-refractivity contribution in [3.8, 4) is 28.7 Å². The molecule has 3 aromatic rings. The van der Waals surface area contributed by atoms with Crippen molar-refractivity contribution >= 4 is 11.7 Å². The van der Waals surface area contributed by atoms with Crippen molar-refractivity contribution < 1.29 is 33.2 Å². The number of ether oxygens (including phenoxy) is 6. The van der Waals surface area contributed by atoms with E-state index in [1.165, 1.54) is 0 Å². The monoisotopic (exact) mass is 487 g/mol. The molecule has 3 aliphatic heterocycles. The molecule has 0 radical (unpaired) electrons. The minimum absolute atomic E-state index is 0.154. The van der Waals surface area contributed by atoms with Gasteiger partial charge in [-0.3, -0.25) is 0 Å². The molecule has 8 nitrogen and oxygen atoms in total. The average Bonchev–Trinajstić information content (AvgIpc) is 3.53. The number of methoxy groups -OCH3 is 3. The van der Waals surface area contributed by atoms with Crippen molar-refractivity contribution in [2.45, 2.75) is 12.5 Å². The Bertz CT molecular complexity index is 1360. The second kappa shape index (κ2) is 8.71. The van der Waals surface area contributed by atoms with Gasteiger partial charge < -0.3 is 33.3 Å². The van der Waals surface area contributed by atoms with E-state index >= 15 is 0 Å². The van der Waals surface area contributed by atoms with Gasteiger partial charge in [0.2, 0.25) is 12.5 Å². The number of hydrogen-bond acceptors (Lipinski definition) is 8. The molecular formula is C28H25NO7. The fraction of sp³-hybridized carbons (Fsp3) is 0.250. The Morgan fingerprint density at radius 1 is 0.889 bits per heavy atom. The van der Waals surface area contributed by atoms with Gasteiger partial charge in [0.15, 0.2) is 23.0 Å². The average molecular weight is 488 g/mol. The molecule has 0 amide bonds. The Morgan fingerprint density at radius 2 is 1.58 bits per heavy atom. The van der Waals surface area contributed by atoms with E-state index in [1.807, 2.05) is 42.5 Å². The maximum Gasteiger partial charge on any atom is 0.337 e. The van der Waals surface area contributed by atoms with Crippen LogP contribution in [0.1, 0.15) is 22.6 Å². The van der Waals surface area contributed by atoms with E-state index in [-0.39, 0.29) is 19.4 Å². The van der Waals surface area contributed by atoms with Crippen LogP contribution in [0.3, 0.4) is 0 Å². The lowest BCUT2D eigenvalue weighted by Gasteiger charge is -2.36. The molecule has 0 saturated carbocycles. The third kappa shape index (κ3) is 3.40. The van der Waals surface area contributed by atoms with E-state index in [9.17, 15) is 4.79 Å². The summed E-state index contributed by atoms with van der Waals surface area (Å²) in [5.74, 6) is 2.04. The minimum Gasteiger partial charge on any atom is -0.493 e. The third-order valence-corrected chi connectivity index (χ3v) is 6.81. The fourth-order valence-corrected chi connectivity index (χ4v) is 5.19. The number of nitrogens with zero attached hydrogens (tertiary/aromatic N) is 1. The number of carbonyl (C=O) groups is 1. The number of rotatable bonds is 6. The smallest absolute Gasteiger partial charge is 0.337 e. The molecule has 6 rings (SSSR count). The number of cyclic esters (lactones) is 1. The first-order chi connectivity index (χ1) is 17.6. The zero-order chi connectivity index (χ0) is 24.8. The van der Waals surface area contributed by atoms with E-state index in [1.54, 1.807) is 21.3 Å². The van der Waals surface area contributed by atoms with Crippen LogP contribution < -0.4 is 28.6 Å². The van der Waals surface area contributed by atoms with Crippen LogP contribution in [0.15, 0.2) is 65.9 Å². The molecule has 0 saturated heterocycles. The molecule has 0 fully saturated rings. The molecular weight excluding hydrogens is 462 g/mol. The second-order valence-electron chi connectivity index (χ2n) is 8.66. The first-order valence-corrected chi connectivity index (χ1v) is 11.6. The van der Waals surface area contributed by atoms with E-state index in [4.69, 9.17) is 28.4 Å². The second-order valence-corrected chi connectivity index (χ2v) is 8.66. The van der Waals surface area contributed by atoms with Crippen LogP contribution in [-0.2, 0) is 16.1 Å². The van der Waals surface area contributed by atoms with Gasteiger partial charge in [-0.1, -0.05) is 30.3 Å². The first kappa shape index (κ1) is 22.2. The van der Waals surface area contributed by atoms with Gasteiger partial charge in [-0.15, -0.1) is 0 Å². The topological polar surface area (TPSA) is 75.7 Å². The van der Waals surface area contributed by atoms with Crippen LogP contribution in [0.2, 0.25) is 0 Å². The van der Waals surface area contributed by atoms with Gasteiger partial charge in [0, 0.05) is 24.2 Å². The lowest BCUT2D eigenvalue weighted by molar-refractivity contribution is -0.136. The van der Waals surface area contributed by atoms with Crippen LogP contribution in [0.4, 0.5) is 5.69 Å². The number of benzene rings is 3. The zero-order valence-corrected chi connectivity index (χ0v) is 20.2. The zero-order valence-electron chi connectivity index (χ0n) is 20.2. The lowest BCUT2D eigenvalue weighted by Crippen LogP contribution is -2.30. The molecule has 36 heavy (non-hydrogen) atoms. The highest BCUT2D eigenvalue weighted by molar-refractivity contribution is 5.98. The molecule has 8 heteroatoms. The summed E-state index contributed by atoms with van der Waals surface area (Å²) in [6, 6.07) is 17.8. The normalized spacial score (nSPS) is 17.5. The maximum absolute atomic E-state index is 13.2. The molecule has 0 aromatic heterocycles. The Kier molecular flexibility index (Phi) is 5.36. The van der Waals surface area contributed by atoms with Gasteiger partial charge in [0.1, 0.15) is 6.61 Å². The standard InChI is InChI=1S/C28H25NO7/c1-31-23-9-17(10-24(32-2)27(23)33-3)25-18-11-21-22(36-15-35-21)12-19(18)29(13-16-7-5-4-6-8-16)20-14-34-28(30)26(20)25/h4-12,25H,13-15H2,1-3H3. The third-order valence-electron chi connectivity index (χ3n) is 6.81. The fourth-order valence-electron chi connectivity index (χ4n) is 5.19. The Balaban J connectivity index is 1.59. The Morgan fingerprint density at radius 3 is 2.25 bits per heavy atom. The molecule has 0 bridgehead atoms. The van der Waals surface area contributed by atoms with Gasteiger partial charge in [-0.2, -0.15) is 0 Å². The van der Waals surface area contributed by atoms with E-state index in [0.29, 0.717) is 40.9 Å². The Labute approximate surface area is 208 Å². The van der Waals surface area contributed by atoms with Gasteiger partial charge >= 0.3 is 5.97 Å². The quantitative estimate of drug-likeness (QED) is 0.474. The largest absolute Gasteiger partial charge is 0.493 e. The van der Waals surface area contributed by atoms with Crippen molar-refractivity contribution in [1.29, 1.82) is 0 Å². The number of carbonyl (C=O) groups excluding carboxylic acids is 1. The minimum atomic E-state index is -0.430. The highest BCUT2D eigenvalue weighted by Gasteiger charge is 2.43. The highest BCUT2D eigenvalue weighted by Crippen LogP contribution is 2.53. The first-order valence-electron chi connectivity index (χ1n) is 11.6. The summed E-state index contributed by atoms with van der Waals surface area (Å²) < 4.78 is 33.8. The molecule has 1 atom stereocenters. The molecule has 3 heterocycles. The van der Waals surface area contributed by atoms with Crippen LogP contribution in [0.25, 0.3) is 0 Å². The molecule has 184 valence electrons. The summed E-state index contributed by atoms with van der Waals surface area (Å²) >= 11 is 0. The van der Waals surface area contributed by atoms with Crippen LogP contribution in [0.5, 0.6) is 28.7 Å². The van der Waals surface area contributed by atoms with Crippen molar-refractivity contribution in [2.75, 3.05) is 39.6 Å². The van der Waals surface area contributed by atoms with E-state index in [0.717, 1.165) is 28.1 Å². The van der Waals surface area contributed by atoms with Gasteiger partial charge in [-0.25, -0.2) is 4.79 Å². The molecule has 0 spiro atoms. The van der Waals surface area contributed by atoms with Crippen molar-refractivity contribution in [2.24, 2.45) is 0 Å². The van der Waals surface area contributed by atoms with Crippen LogP contribution in [-0.4, -0.2) is 40.7 Å². The summed E-state index contributed by atoms with van der Waals surface area (Å²) in [5.41, 5.74) is 5.18. The summed E-state index contributed by atoms with van der Waals surface area (Å²) in [6.45, 7) is 0.918. The lowest BCUT2D eigenvalue weighted by atomic mass is 9.80. The van der Waals surface area contributed by atoms with E-state index in [2.05, 4.69) is 17.0 Å². The molecule has 3 aliphatic rings. The number of fused-ring (bicyclic) bond motifs is 2. The molecule has 3 aromatic carbocycles. The van der Waals surface area contributed by atoms with Crippen LogP contribution >= 0.6 is 0 Å². The molecule has 0 aliphatic carbocycles. The van der Waals surface area contributed by atoms with Gasteiger partial charge in [0.05, 0.1) is 32.6 Å². The highest BCUT2D eigenvalue weighted by atomic mass is 16.7. The number of anilines is 1. The molecule has 1 unspecified atom stereocenters. The number of esters is 1. The molecule has 0 N–H and O–H groups in total. The predicted molar refractivity (Wildman–Crippen MR) is 131 cm³/mol. The summed E-state index contributed by atoms with van der Waals surface area (Å²) in [4.78, 5) is 15.4. The maximum atomic E-state index is 13.2. The van der Waals surface area contributed by atoms with Crippen molar-refractivity contribution in [3.05, 3.63) is 82.6 Å². The van der Waals surface area contributed by atoms with Gasteiger partial charge in [-0.05, 0) is 34.9 Å². The summed E-state index contributed by atoms with van der Waals surface area (Å²) in [7, 11) is 4.71. The Hall–Kier alpha value is -4.33. The summed E-state index contributed by atoms with van der Waals surface area (Å²) in [6.07, 6.45) is 0. The number of hydrogen-bond donors (Lipinski definition) is 0. The van der Waals surface area contributed by atoms with Crippen LogP contribution in [0, 0.1) is 0 Å². The van der Waals surface area contributed by atoms with Crippen molar-refractivity contribution in [3.63, 3.8) is 0 Å². The predicted octanol–water partition coefficient (Wildman–Crippen LogP) is 4.40. The van der Waals surface area contributed by atoms with Crippen molar-refractivity contribution in [1.82, 2.24) is 0 Å². The van der Waals surface area contributed by atoms with Gasteiger partial charge in [0.25, 0.3) is 0 Å². The SMILES string of the molecule is COc1cc(C2C3=C(COC3=O)N(Cc3ccccc3)c3cc4c(cc32)OCO4)cc(OC)c1OC.